The molecule has 0 aromatic heterocycles. The zero-order valence-corrected chi connectivity index (χ0v) is 8.54. The van der Waals surface area contributed by atoms with Crippen LogP contribution < -0.4 is 5.73 Å². The van der Waals surface area contributed by atoms with Crippen molar-refractivity contribution in [2.45, 2.75) is 25.9 Å². The zero-order chi connectivity index (χ0) is 10.8. The largest absolute Gasteiger partial charge is 0.398 e. The molecule has 0 atom stereocenters. The van der Waals surface area contributed by atoms with Gasteiger partial charge in [-0.15, -0.1) is 0 Å². The van der Waals surface area contributed by atoms with E-state index in [-0.39, 0.29) is 0 Å². The van der Waals surface area contributed by atoms with Crippen molar-refractivity contribution in [3.63, 3.8) is 0 Å². The SMILES string of the molecule is CC(C)(O)Cc1ccc(N)c(C=N)c1. The standard InChI is InChI=1S/C11H16N2O/c1-11(2,14)6-8-3-4-10(13)9(5-8)7-12/h3-5,7,12,14H,6,13H2,1-2H3. The molecule has 0 aliphatic rings. The van der Waals surface area contributed by atoms with Crippen molar-refractivity contribution in [2.75, 3.05) is 5.73 Å². The third kappa shape index (κ3) is 2.85. The molecule has 3 nitrogen and oxygen atoms in total. The van der Waals surface area contributed by atoms with Gasteiger partial charge in [0, 0.05) is 23.9 Å². The lowest BCUT2D eigenvalue weighted by Crippen LogP contribution is -2.21. The van der Waals surface area contributed by atoms with Gasteiger partial charge in [0.15, 0.2) is 0 Å². The summed E-state index contributed by atoms with van der Waals surface area (Å²) in [6, 6.07) is 5.47. The molecule has 0 fully saturated rings. The molecule has 0 amide bonds. The Labute approximate surface area is 84.1 Å². The van der Waals surface area contributed by atoms with E-state index in [1.165, 1.54) is 6.21 Å². The molecule has 0 spiro atoms. The van der Waals surface area contributed by atoms with Gasteiger partial charge in [0.25, 0.3) is 0 Å². The normalized spacial score (nSPS) is 11.4. The van der Waals surface area contributed by atoms with Crippen LogP contribution in [0.3, 0.4) is 0 Å². The second kappa shape index (κ2) is 3.80. The topological polar surface area (TPSA) is 70.1 Å². The number of benzene rings is 1. The number of rotatable bonds is 3. The van der Waals surface area contributed by atoms with E-state index in [2.05, 4.69) is 0 Å². The maximum absolute atomic E-state index is 9.62. The average Bonchev–Trinajstić information content (AvgIpc) is 2.06. The quantitative estimate of drug-likeness (QED) is 0.502. The van der Waals surface area contributed by atoms with Gasteiger partial charge in [0.1, 0.15) is 0 Å². The summed E-state index contributed by atoms with van der Waals surface area (Å²) in [7, 11) is 0. The summed E-state index contributed by atoms with van der Waals surface area (Å²) >= 11 is 0. The van der Waals surface area contributed by atoms with Crippen molar-refractivity contribution in [3.8, 4) is 0 Å². The first-order chi connectivity index (χ1) is 6.42. The summed E-state index contributed by atoms with van der Waals surface area (Å²) in [5, 5.41) is 16.8. The van der Waals surface area contributed by atoms with Gasteiger partial charge in [-0.1, -0.05) is 6.07 Å². The zero-order valence-electron chi connectivity index (χ0n) is 8.54. The summed E-state index contributed by atoms with van der Waals surface area (Å²) in [5.74, 6) is 0. The van der Waals surface area contributed by atoms with Crippen LogP contribution in [-0.2, 0) is 6.42 Å². The summed E-state index contributed by atoms with van der Waals surface area (Å²) < 4.78 is 0. The number of nitrogens with one attached hydrogen (secondary N) is 1. The van der Waals surface area contributed by atoms with Crippen molar-refractivity contribution < 1.29 is 5.11 Å². The van der Waals surface area contributed by atoms with E-state index in [1.54, 1.807) is 19.9 Å². The first kappa shape index (κ1) is 10.7. The van der Waals surface area contributed by atoms with Gasteiger partial charge in [0.2, 0.25) is 0 Å². The third-order valence-corrected chi connectivity index (χ3v) is 1.94. The first-order valence-corrected chi connectivity index (χ1v) is 4.53. The third-order valence-electron chi connectivity index (χ3n) is 1.94. The van der Waals surface area contributed by atoms with Crippen LogP contribution in [-0.4, -0.2) is 16.9 Å². The van der Waals surface area contributed by atoms with E-state index < -0.39 is 5.60 Å². The highest BCUT2D eigenvalue weighted by atomic mass is 16.3. The van der Waals surface area contributed by atoms with Crippen molar-refractivity contribution >= 4 is 11.9 Å². The number of hydrogen-bond acceptors (Lipinski definition) is 3. The number of hydrogen-bond donors (Lipinski definition) is 3. The Bertz CT molecular complexity index is 340. The molecule has 0 bridgehead atoms. The fourth-order valence-corrected chi connectivity index (χ4v) is 1.36. The smallest absolute Gasteiger partial charge is 0.0631 e. The van der Waals surface area contributed by atoms with Gasteiger partial charge in [-0.05, 0) is 31.5 Å². The molecule has 0 aliphatic heterocycles. The molecule has 1 aromatic carbocycles. The fraction of sp³-hybridized carbons (Fsp3) is 0.364. The number of anilines is 1. The monoisotopic (exact) mass is 192 g/mol. The lowest BCUT2D eigenvalue weighted by Gasteiger charge is -2.17. The molecular formula is C11H16N2O. The van der Waals surface area contributed by atoms with Crippen molar-refractivity contribution in [1.82, 2.24) is 0 Å². The van der Waals surface area contributed by atoms with Gasteiger partial charge < -0.3 is 16.2 Å². The van der Waals surface area contributed by atoms with Gasteiger partial charge in [-0.2, -0.15) is 0 Å². The van der Waals surface area contributed by atoms with Crippen LogP contribution in [0.1, 0.15) is 25.0 Å². The van der Waals surface area contributed by atoms with Gasteiger partial charge in [-0.25, -0.2) is 0 Å². The highest BCUT2D eigenvalue weighted by Crippen LogP contribution is 2.17. The Morgan fingerprint density at radius 3 is 2.64 bits per heavy atom. The van der Waals surface area contributed by atoms with Crippen LogP contribution in [0.4, 0.5) is 5.69 Å². The number of nitrogens with two attached hydrogens (primary N) is 1. The number of aliphatic hydroxyl groups is 1. The van der Waals surface area contributed by atoms with Crippen molar-refractivity contribution in [2.24, 2.45) is 0 Å². The lowest BCUT2D eigenvalue weighted by molar-refractivity contribution is 0.0810. The molecule has 0 saturated heterocycles. The van der Waals surface area contributed by atoms with Gasteiger partial charge >= 0.3 is 0 Å². The highest BCUT2D eigenvalue weighted by molar-refractivity contribution is 5.85. The molecule has 0 unspecified atom stereocenters. The molecule has 1 aromatic rings. The predicted molar refractivity (Wildman–Crippen MR) is 58.7 cm³/mol. The van der Waals surface area contributed by atoms with E-state index in [0.29, 0.717) is 17.7 Å². The molecule has 0 aliphatic carbocycles. The van der Waals surface area contributed by atoms with Crippen LogP contribution in [0.5, 0.6) is 0 Å². The Hall–Kier alpha value is -1.35. The molecule has 1 rings (SSSR count). The van der Waals surface area contributed by atoms with Gasteiger partial charge in [-0.3, -0.25) is 0 Å². The summed E-state index contributed by atoms with van der Waals surface area (Å²) in [5.41, 5.74) is 7.21. The maximum atomic E-state index is 9.62. The Morgan fingerprint density at radius 1 is 1.50 bits per heavy atom. The van der Waals surface area contributed by atoms with Gasteiger partial charge in [0.05, 0.1) is 5.60 Å². The van der Waals surface area contributed by atoms with E-state index in [1.807, 2.05) is 12.1 Å². The molecular weight excluding hydrogens is 176 g/mol. The summed E-state index contributed by atoms with van der Waals surface area (Å²) in [6.45, 7) is 3.51. The molecule has 3 heteroatoms. The van der Waals surface area contributed by atoms with E-state index in [0.717, 1.165) is 5.56 Å². The molecule has 4 N–H and O–H groups in total. The molecule has 14 heavy (non-hydrogen) atoms. The van der Waals surface area contributed by atoms with Crippen molar-refractivity contribution in [1.29, 1.82) is 5.41 Å². The minimum absolute atomic E-state index is 0.564. The molecule has 0 heterocycles. The summed E-state index contributed by atoms with van der Waals surface area (Å²) in [6.07, 6.45) is 1.79. The average molecular weight is 192 g/mol. The molecule has 0 saturated carbocycles. The fourth-order valence-electron chi connectivity index (χ4n) is 1.36. The number of nitrogen functional groups attached to an aromatic ring is 1. The minimum atomic E-state index is -0.727. The van der Waals surface area contributed by atoms with Crippen LogP contribution in [0.15, 0.2) is 18.2 Å². The maximum Gasteiger partial charge on any atom is 0.0631 e. The van der Waals surface area contributed by atoms with E-state index >= 15 is 0 Å². The highest BCUT2D eigenvalue weighted by Gasteiger charge is 2.13. The predicted octanol–water partition coefficient (Wildman–Crippen LogP) is 1.58. The Balaban J connectivity index is 2.95. The minimum Gasteiger partial charge on any atom is -0.398 e. The second-order valence-electron chi connectivity index (χ2n) is 4.10. The van der Waals surface area contributed by atoms with Crippen LogP contribution in [0.2, 0.25) is 0 Å². The van der Waals surface area contributed by atoms with E-state index in [9.17, 15) is 5.11 Å². The van der Waals surface area contributed by atoms with E-state index in [4.69, 9.17) is 11.1 Å². The van der Waals surface area contributed by atoms with Crippen molar-refractivity contribution in [3.05, 3.63) is 29.3 Å². The Morgan fingerprint density at radius 2 is 2.14 bits per heavy atom. The summed E-state index contributed by atoms with van der Waals surface area (Å²) in [4.78, 5) is 0. The molecule has 0 radical (unpaired) electrons. The second-order valence-corrected chi connectivity index (χ2v) is 4.10. The van der Waals surface area contributed by atoms with Crippen LogP contribution in [0.25, 0.3) is 0 Å². The Kier molecular flexibility index (Phi) is 2.91. The first-order valence-electron chi connectivity index (χ1n) is 4.53. The van der Waals surface area contributed by atoms with Crippen LogP contribution in [0, 0.1) is 5.41 Å². The molecule has 76 valence electrons. The lowest BCUT2D eigenvalue weighted by atomic mass is 9.97. The van der Waals surface area contributed by atoms with Crippen LogP contribution >= 0.6 is 0 Å².